The Morgan fingerprint density at radius 1 is 1.04 bits per heavy atom. The average molecular weight is 321 g/mol. The first-order valence-corrected chi connectivity index (χ1v) is 7.97. The van der Waals surface area contributed by atoms with Crippen molar-refractivity contribution in [1.29, 1.82) is 5.26 Å². The van der Waals surface area contributed by atoms with Gasteiger partial charge in [0.05, 0.1) is 11.6 Å². The fourth-order valence-electron chi connectivity index (χ4n) is 2.73. The highest BCUT2D eigenvalue weighted by Crippen LogP contribution is 2.18. The summed E-state index contributed by atoms with van der Waals surface area (Å²) in [6.07, 6.45) is -0.274. The molecule has 1 fully saturated rings. The lowest BCUT2D eigenvalue weighted by molar-refractivity contribution is 0.0942. The summed E-state index contributed by atoms with van der Waals surface area (Å²) in [5, 5.41) is 8.99. The van der Waals surface area contributed by atoms with Gasteiger partial charge in [-0.1, -0.05) is 36.4 Å². The van der Waals surface area contributed by atoms with Gasteiger partial charge in [-0.3, -0.25) is 0 Å². The van der Waals surface area contributed by atoms with Gasteiger partial charge in [-0.15, -0.1) is 0 Å². The molecule has 0 atom stereocenters. The Kier molecular flexibility index (Phi) is 4.97. The molecule has 0 unspecified atom stereocenters. The second-order valence-electron chi connectivity index (χ2n) is 5.68. The van der Waals surface area contributed by atoms with E-state index < -0.39 is 0 Å². The summed E-state index contributed by atoms with van der Waals surface area (Å²) in [7, 11) is 0. The van der Waals surface area contributed by atoms with Gasteiger partial charge >= 0.3 is 6.09 Å². The Hall–Kier alpha value is -3.00. The number of anilines is 1. The van der Waals surface area contributed by atoms with Gasteiger partial charge in [0.15, 0.2) is 0 Å². The van der Waals surface area contributed by atoms with Gasteiger partial charge in [-0.05, 0) is 23.8 Å². The maximum atomic E-state index is 12.2. The summed E-state index contributed by atoms with van der Waals surface area (Å²) < 4.78 is 5.37. The Bertz CT molecular complexity index is 732. The lowest BCUT2D eigenvalue weighted by atomic mass is 10.2. The Balaban J connectivity index is 1.51. The van der Waals surface area contributed by atoms with E-state index in [2.05, 4.69) is 11.0 Å². The molecule has 24 heavy (non-hydrogen) atoms. The quantitative estimate of drug-likeness (QED) is 0.872. The van der Waals surface area contributed by atoms with Gasteiger partial charge in [0.25, 0.3) is 0 Å². The molecule has 0 radical (unpaired) electrons. The molecule has 2 aromatic carbocycles. The van der Waals surface area contributed by atoms with E-state index in [9.17, 15) is 4.79 Å². The molecule has 0 N–H and O–H groups in total. The summed E-state index contributed by atoms with van der Waals surface area (Å²) in [6.45, 7) is 2.99. The predicted octanol–water partition coefficient (Wildman–Crippen LogP) is 3.02. The van der Waals surface area contributed by atoms with Crippen molar-refractivity contribution in [1.82, 2.24) is 4.90 Å². The third kappa shape index (κ3) is 3.85. The second-order valence-corrected chi connectivity index (χ2v) is 5.68. The van der Waals surface area contributed by atoms with Crippen LogP contribution in [0.1, 0.15) is 11.1 Å². The first-order chi connectivity index (χ1) is 11.8. The van der Waals surface area contributed by atoms with Gasteiger partial charge in [0, 0.05) is 31.9 Å². The summed E-state index contributed by atoms with van der Waals surface area (Å²) in [5.41, 5.74) is 2.65. The van der Waals surface area contributed by atoms with E-state index >= 15 is 0 Å². The number of hydrogen-bond acceptors (Lipinski definition) is 4. The molecule has 0 spiro atoms. The van der Waals surface area contributed by atoms with Gasteiger partial charge in [-0.25, -0.2) is 4.79 Å². The van der Waals surface area contributed by atoms with E-state index in [0.717, 1.165) is 24.3 Å². The minimum atomic E-state index is -0.274. The maximum Gasteiger partial charge on any atom is 0.410 e. The molecule has 1 amide bonds. The number of ether oxygens (including phenoxy) is 1. The third-order valence-electron chi connectivity index (χ3n) is 4.08. The molecule has 1 heterocycles. The van der Waals surface area contributed by atoms with E-state index in [1.807, 2.05) is 48.5 Å². The first kappa shape index (κ1) is 15.9. The number of piperazine rings is 1. The fraction of sp³-hybridized carbons (Fsp3) is 0.263. The Morgan fingerprint density at radius 2 is 1.79 bits per heavy atom. The highest BCUT2D eigenvalue weighted by atomic mass is 16.6. The number of carbonyl (C=O) groups is 1. The van der Waals surface area contributed by atoms with E-state index in [1.54, 1.807) is 11.0 Å². The Labute approximate surface area is 141 Å². The molecular weight excluding hydrogens is 302 g/mol. The number of benzene rings is 2. The van der Waals surface area contributed by atoms with Crippen molar-refractivity contribution in [2.75, 3.05) is 31.1 Å². The standard InChI is InChI=1S/C19H19N3O2/c20-14-17-7-4-8-18(13-17)21-9-11-22(12-10-21)19(23)24-15-16-5-2-1-3-6-16/h1-8,13H,9-12,15H2. The van der Waals surface area contributed by atoms with Crippen LogP contribution in [-0.2, 0) is 11.3 Å². The molecule has 1 aliphatic heterocycles. The average Bonchev–Trinajstić information content (AvgIpc) is 2.67. The molecule has 0 bridgehead atoms. The second kappa shape index (κ2) is 7.51. The molecule has 0 aromatic heterocycles. The fourth-order valence-corrected chi connectivity index (χ4v) is 2.73. The van der Waals surface area contributed by atoms with Crippen molar-refractivity contribution in [2.24, 2.45) is 0 Å². The molecule has 2 aromatic rings. The number of carbonyl (C=O) groups excluding carboxylic acids is 1. The monoisotopic (exact) mass is 321 g/mol. The molecule has 3 rings (SSSR count). The van der Waals surface area contributed by atoms with E-state index in [0.29, 0.717) is 25.3 Å². The van der Waals surface area contributed by atoms with Crippen molar-refractivity contribution >= 4 is 11.8 Å². The minimum Gasteiger partial charge on any atom is -0.445 e. The summed E-state index contributed by atoms with van der Waals surface area (Å²) in [5.74, 6) is 0. The lowest BCUT2D eigenvalue weighted by Gasteiger charge is -2.35. The van der Waals surface area contributed by atoms with Crippen LogP contribution in [0.3, 0.4) is 0 Å². The largest absolute Gasteiger partial charge is 0.445 e. The molecule has 1 saturated heterocycles. The van der Waals surface area contributed by atoms with Gasteiger partial charge in [-0.2, -0.15) is 5.26 Å². The van der Waals surface area contributed by atoms with Gasteiger partial charge in [0.1, 0.15) is 6.61 Å². The zero-order chi connectivity index (χ0) is 16.8. The van der Waals surface area contributed by atoms with Gasteiger partial charge < -0.3 is 14.5 Å². The highest BCUT2D eigenvalue weighted by molar-refractivity contribution is 5.68. The number of hydrogen-bond donors (Lipinski definition) is 0. The van der Waals surface area contributed by atoms with E-state index in [1.165, 1.54) is 0 Å². The number of amides is 1. The van der Waals surface area contributed by atoms with Crippen LogP contribution in [0.25, 0.3) is 0 Å². The molecule has 0 aliphatic carbocycles. The summed E-state index contributed by atoms with van der Waals surface area (Å²) >= 11 is 0. The van der Waals surface area contributed by atoms with E-state index in [-0.39, 0.29) is 6.09 Å². The van der Waals surface area contributed by atoms with Crippen LogP contribution in [0.4, 0.5) is 10.5 Å². The van der Waals surface area contributed by atoms with Crippen LogP contribution in [0, 0.1) is 11.3 Å². The molecule has 0 saturated carbocycles. The smallest absolute Gasteiger partial charge is 0.410 e. The maximum absolute atomic E-state index is 12.2. The molecule has 1 aliphatic rings. The van der Waals surface area contributed by atoms with E-state index in [4.69, 9.17) is 10.00 Å². The molecular formula is C19H19N3O2. The number of rotatable bonds is 3. The van der Waals surface area contributed by atoms with Crippen LogP contribution < -0.4 is 4.90 Å². The SMILES string of the molecule is N#Cc1cccc(N2CCN(C(=O)OCc3ccccc3)CC2)c1. The van der Waals surface area contributed by atoms with Crippen LogP contribution in [0.2, 0.25) is 0 Å². The number of nitriles is 1. The van der Waals surface area contributed by atoms with Crippen LogP contribution in [-0.4, -0.2) is 37.2 Å². The number of nitrogens with zero attached hydrogens (tertiary/aromatic N) is 3. The van der Waals surface area contributed by atoms with Gasteiger partial charge in [0.2, 0.25) is 0 Å². The lowest BCUT2D eigenvalue weighted by Crippen LogP contribution is -2.48. The third-order valence-corrected chi connectivity index (χ3v) is 4.08. The molecule has 5 heteroatoms. The van der Waals surface area contributed by atoms with Crippen LogP contribution >= 0.6 is 0 Å². The molecule has 5 nitrogen and oxygen atoms in total. The molecule has 122 valence electrons. The zero-order valence-electron chi connectivity index (χ0n) is 13.4. The van der Waals surface area contributed by atoms with Crippen molar-refractivity contribution in [2.45, 2.75) is 6.61 Å². The van der Waals surface area contributed by atoms with Crippen molar-refractivity contribution in [3.05, 3.63) is 65.7 Å². The predicted molar refractivity (Wildman–Crippen MR) is 91.6 cm³/mol. The van der Waals surface area contributed by atoms with Crippen molar-refractivity contribution in [3.63, 3.8) is 0 Å². The van der Waals surface area contributed by atoms with Crippen molar-refractivity contribution in [3.8, 4) is 6.07 Å². The van der Waals surface area contributed by atoms with Crippen LogP contribution in [0.15, 0.2) is 54.6 Å². The highest BCUT2D eigenvalue weighted by Gasteiger charge is 2.22. The Morgan fingerprint density at radius 3 is 2.50 bits per heavy atom. The zero-order valence-corrected chi connectivity index (χ0v) is 13.4. The van der Waals surface area contributed by atoms with Crippen LogP contribution in [0.5, 0.6) is 0 Å². The van der Waals surface area contributed by atoms with Crippen molar-refractivity contribution < 1.29 is 9.53 Å². The topological polar surface area (TPSA) is 56.6 Å². The summed E-state index contributed by atoms with van der Waals surface area (Å²) in [4.78, 5) is 16.1. The normalized spacial score (nSPS) is 14.1. The first-order valence-electron chi connectivity index (χ1n) is 7.97. The minimum absolute atomic E-state index is 0.274. The summed E-state index contributed by atoms with van der Waals surface area (Å²) in [6, 6.07) is 19.4.